The predicted octanol–water partition coefficient (Wildman–Crippen LogP) is 1.49. The van der Waals surface area contributed by atoms with Crippen LogP contribution in [0.3, 0.4) is 0 Å². The topological polar surface area (TPSA) is 50.4 Å². The van der Waals surface area contributed by atoms with Crippen LogP contribution in [0.15, 0.2) is 4.99 Å². The van der Waals surface area contributed by atoms with E-state index in [1.165, 1.54) is 19.3 Å². The molecule has 0 aromatic heterocycles. The molecule has 3 heteroatoms. The lowest BCUT2D eigenvalue weighted by atomic mass is 9.86. The van der Waals surface area contributed by atoms with E-state index in [4.69, 9.17) is 12.2 Å². The molecule has 0 saturated heterocycles. The second-order valence-electron chi connectivity index (χ2n) is 4.11. The lowest BCUT2D eigenvalue weighted by molar-refractivity contribution is 0.326. The molecule has 15 heavy (non-hydrogen) atoms. The number of nitrogens with zero attached hydrogens (tertiary/aromatic N) is 1. The van der Waals surface area contributed by atoms with Crippen LogP contribution in [0.5, 0.6) is 0 Å². The molecule has 0 aromatic carbocycles. The molecule has 0 bridgehead atoms. The molecule has 1 aliphatic rings. The van der Waals surface area contributed by atoms with Gasteiger partial charge in [-0.15, -0.1) is 12.3 Å². The molecule has 1 fully saturated rings. The predicted molar refractivity (Wildman–Crippen MR) is 64.5 cm³/mol. The summed E-state index contributed by atoms with van der Waals surface area (Å²) in [6.07, 6.45) is 12.1. The van der Waals surface area contributed by atoms with Gasteiger partial charge in [-0.2, -0.15) is 0 Å². The van der Waals surface area contributed by atoms with Crippen LogP contribution in [0.2, 0.25) is 0 Å². The minimum Gasteiger partial charge on any atom is -0.370 e. The summed E-state index contributed by atoms with van der Waals surface area (Å²) in [7, 11) is 0. The molecule has 0 aliphatic heterocycles. The molecule has 0 radical (unpaired) electrons. The fraction of sp³-hybridized carbons (Fsp3) is 0.750. The summed E-state index contributed by atoms with van der Waals surface area (Å²) in [4.78, 5) is 4.31. The van der Waals surface area contributed by atoms with E-state index in [2.05, 4.69) is 16.2 Å². The lowest BCUT2D eigenvalue weighted by Crippen LogP contribution is -2.33. The second kappa shape index (κ2) is 7.17. The summed E-state index contributed by atoms with van der Waals surface area (Å²) in [6, 6.07) is 0. The number of hydrogen-bond donors (Lipinski definition) is 2. The van der Waals surface area contributed by atoms with Crippen molar-refractivity contribution in [3.05, 3.63) is 0 Å². The van der Waals surface area contributed by atoms with E-state index in [0.717, 1.165) is 38.3 Å². The van der Waals surface area contributed by atoms with Crippen molar-refractivity contribution in [3.8, 4) is 12.3 Å². The summed E-state index contributed by atoms with van der Waals surface area (Å²) < 4.78 is 0. The lowest BCUT2D eigenvalue weighted by Gasteiger charge is -2.23. The Kier molecular flexibility index (Phi) is 5.69. The van der Waals surface area contributed by atoms with Gasteiger partial charge in [0.05, 0.1) is 0 Å². The minimum absolute atomic E-state index is 0.586. The highest BCUT2D eigenvalue weighted by Gasteiger charge is 2.16. The van der Waals surface area contributed by atoms with Crippen molar-refractivity contribution in [1.29, 1.82) is 0 Å². The standard InChI is InChI=1S/C12H21N3/c1-2-3-4-5-9-14-12(13)15-10-11-7-6-8-11/h1,11H,3-10H2,(H3,13,14,15). The number of rotatable bonds is 6. The molecule has 0 spiro atoms. The SMILES string of the molecule is C#CCCCCNC(N)=NCC1CCC1. The smallest absolute Gasteiger partial charge is 0.188 e. The van der Waals surface area contributed by atoms with E-state index in [1.807, 2.05) is 0 Å². The minimum atomic E-state index is 0.586. The monoisotopic (exact) mass is 207 g/mol. The van der Waals surface area contributed by atoms with Crippen LogP contribution in [-0.2, 0) is 0 Å². The zero-order chi connectivity index (χ0) is 10.9. The number of hydrogen-bond acceptors (Lipinski definition) is 1. The quantitative estimate of drug-likeness (QED) is 0.300. The molecule has 3 N–H and O–H groups in total. The average Bonchev–Trinajstić information content (AvgIpc) is 2.15. The maximum atomic E-state index is 5.71. The number of unbranched alkanes of at least 4 members (excludes halogenated alkanes) is 2. The van der Waals surface area contributed by atoms with Crippen molar-refractivity contribution >= 4 is 5.96 Å². The van der Waals surface area contributed by atoms with Crippen LogP contribution < -0.4 is 11.1 Å². The Bertz CT molecular complexity index is 236. The molecule has 0 atom stereocenters. The molecular formula is C12H21N3. The largest absolute Gasteiger partial charge is 0.370 e. The first-order chi connectivity index (χ1) is 7.33. The van der Waals surface area contributed by atoms with E-state index >= 15 is 0 Å². The average molecular weight is 207 g/mol. The van der Waals surface area contributed by atoms with Crippen LogP contribution in [0.4, 0.5) is 0 Å². The van der Waals surface area contributed by atoms with E-state index in [9.17, 15) is 0 Å². The Balaban J connectivity index is 1.96. The van der Waals surface area contributed by atoms with Gasteiger partial charge in [-0.05, 0) is 31.6 Å². The van der Waals surface area contributed by atoms with Crippen molar-refractivity contribution in [1.82, 2.24) is 5.32 Å². The fourth-order valence-electron chi connectivity index (χ4n) is 1.53. The Hall–Kier alpha value is -1.17. The van der Waals surface area contributed by atoms with Gasteiger partial charge in [-0.3, -0.25) is 4.99 Å². The van der Waals surface area contributed by atoms with Crippen molar-refractivity contribution in [2.75, 3.05) is 13.1 Å². The first-order valence-electron chi connectivity index (χ1n) is 5.80. The molecule has 1 aliphatic carbocycles. The van der Waals surface area contributed by atoms with Gasteiger partial charge in [-0.1, -0.05) is 6.42 Å². The third kappa shape index (κ3) is 5.31. The first-order valence-corrected chi connectivity index (χ1v) is 5.80. The Labute approximate surface area is 92.5 Å². The highest BCUT2D eigenvalue weighted by atomic mass is 15.1. The summed E-state index contributed by atoms with van der Waals surface area (Å²) in [6.45, 7) is 1.77. The van der Waals surface area contributed by atoms with Gasteiger partial charge in [0.15, 0.2) is 5.96 Å². The van der Waals surface area contributed by atoms with Gasteiger partial charge in [0.1, 0.15) is 0 Å². The van der Waals surface area contributed by atoms with E-state index < -0.39 is 0 Å². The molecular weight excluding hydrogens is 186 g/mol. The molecule has 0 heterocycles. The second-order valence-corrected chi connectivity index (χ2v) is 4.11. The number of aliphatic imine (C=N–C) groups is 1. The Morgan fingerprint density at radius 1 is 1.47 bits per heavy atom. The van der Waals surface area contributed by atoms with E-state index in [0.29, 0.717) is 5.96 Å². The van der Waals surface area contributed by atoms with Crippen molar-refractivity contribution in [3.63, 3.8) is 0 Å². The zero-order valence-electron chi connectivity index (χ0n) is 9.34. The van der Waals surface area contributed by atoms with Gasteiger partial charge < -0.3 is 11.1 Å². The highest BCUT2D eigenvalue weighted by Crippen LogP contribution is 2.26. The van der Waals surface area contributed by atoms with Crippen LogP contribution in [0, 0.1) is 18.3 Å². The number of terminal acetylenes is 1. The fourth-order valence-corrected chi connectivity index (χ4v) is 1.53. The van der Waals surface area contributed by atoms with Crippen LogP contribution >= 0.6 is 0 Å². The van der Waals surface area contributed by atoms with Gasteiger partial charge in [0, 0.05) is 19.5 Å². The molecule has 1 saturated carbocycles. The zero-order valence-corrected chi connectivity index (χ0v) is 9.34. The van der Waals surface area contributed by atoms with Crippen LogP contribution in [-0.4, -0.2) is 19.0 Å². The summed E-state index contributed by atoms with van der Waals surface area (Å²) >= 11 is 0. The summed E-state index contributed by atoms with van der Waals surface area (Å²) in [5, 5.41) is 3.10. The summed E-state index contributed by atoms with van der Waals surface area (Å²) in [5.74, 6) is 3.99. The van der Waals surface area contributed by atoms with Crippen LogP contribution in [0.1, 0.15) is 38.5 Å². The molecule has 0 amide bonds. The van der Waals surface area contributed by atoms with Gasteiger partial charge >= 0.3 is 0 Å². The molecule has 0 aromatic rings. The third-order valence-electron chi connectivity index (χ3n) is 2.80. The van der Waals surface area contributed by atoms with Gasteiger partial charge in [0.25, 0.3) is 0 Å². The van der Waals surface area contributed by atoms with Crippen molar-refractivity contribution in [2.24, 2.45) is 16.6 Å². The Morgan fingerprint density at radius 2 is 2.27 bits per heavy atom. The number of guanidine groups is 1. The van der Waals surface area contributed by atoms with Crippen LogP contribution in [0.25, 0.3) is 0 Å². The molecule has 0 unspecified atom stereocenters. The molecule has 84 valence electrons. The maximum absolute atomic E-state index is 5.71. The van der Waals surface area contributed by atoms with E-state index in [-0.39, 0.29) is 0 Å². The van der Waals surface area contributed by atoms with Gasteiger partial charge in [0.2, 0.25) is 0 Å². The van der Waals surface area contributed by atoms with Gasteiger partial charge in [-0.25, -0.2) is 0 Å². The first kappa shape index (κ1) is 11.9. The molecule has 3 nitrogen and oxygen atoms in total. The van der Waals surface area contributed by atoms with E-state index in [1.54, 1.807) is 0 Å². The summed E-state index contributed by atoms with van der Waals surface area (Å²) in [5.41, 5.74) is 5.71. The third-order valence-corrected chi connectivity index (χ3v) is 2.80. The maximum Gasteiger partial charge on any atom is 0.188 e. The van der Waals surface area contributed by atoms with Crippen molar-refractivity contribution in [2.45, 2.75) is 38.5 Å². The number of nitrogens with two attached hydrogens (primary N) is 1. The van der Waals surface area contributed by atoms with Crippen molar-refractivity contribution < 1.29 is 0 Å². The number of nitrogens with one attached hydrogen (secondary N) is 1. The Morgan fingerprint density at radius 3 is 2.87 bits per heavy atom. The molecule has 1 rings (SSSR count). The highest BCUT2D eigenvalue weighted by molar-refractivity contribution is 5.77. The normalized spacial score (nSPS) is 16.9.